The molecule has 11 aromatic rings. The number of imidazole rings is 1. The van der Waals surface area contributed by atoms with E-state index >= 15 is 0 Å². The molecule has 312 valence electrons. The third-order valence-corrected chi connectivity index (χ3v) is 12.6. The maximum absolute atomic E-state index is 8.78. The quantitative estimate of drug-likeness (QED) is 0.155. The minimum atomic E-state index is -2.44. The lowest BCUT2D eigenvalue weighted by Gasteiger charge is -2.19. The maximum atomic E-state index is 8.78. The third-order valence-electron chi connectivity index (χ3n) is 12.6. The zero-order valence-corrected chi connectivity index (χ0v) is 36.2. The number of pyridine rings is 1. The first-order valence-electron chi connectivity index (χ1n) is 23.4. The zero-order valence-electron chi connectivity index (χ0n) is 39.2. The van der Waals surface area contributed by atoms with Crippen molar-refractivity contribution < 1.29 is 18.2 Å². The van der Waals surface area contributed by atoms with Gasteiger partial charge in [-0.05, 0) is 119 Å². The molecule has 0 spiro atoms. The Kier molecular flexibility index (Phi) is 8.12. The first kappa shape index (κ1) is 35.3. The SMILES string of the molecule is [2H]C([2H])([2H])c1cc2ncc1-c1ccc(cc1)Oc1cccc(c1)-c1cccc(-c3ccccc3)c1-[n+]1cn(c3ccccc31)-c1cccc(c1)Oc1ccc3c4cc(C(C)(C)C)ccc4n-2c3c1. The molecule has 6 heteroatoms. The fourth-order valence-electron chi connectivity index (χ4n) is 9.35. The zero-order chi connectivity index (χ0) is 46.3. The molecule has 0 saturated carbocycles. The van der Waals surface area contributed by atoms with Gasteiger partial charge in [-0.15, -0.1) is 0 Å². The standard InChI is InChI=1S/C59H45N4O2/c1-38-31-57-60-36-52(38)40-23-26-44(27-24-40)64-45-17-10-15-41(32-45)49-20-12-19-48(39-13-6-5-7-14-39)58(49)62-37-61(54-21-8-9-22-55(54)62)43-16-11-18-46(34-43)65-47-28-29-50-51-33-42(59(2,3)4)25-30-53(51)63(57)56(50)35-47/h5-37H,1-4H3/q+1/i1D3. The van der Waals surface area contributed by atoms with Gasteiger partial charge in [-0.1, -0.05) is 118 Å². The first-order valence-corrected chi connectivity index (χ1v) is 21.9. The second kappa shape index (κ2) is 15.0. The molecule has 0 N–H and O–H groups in total. The van der Waals surface area contributed by atoms with E-state index in [2.05, 4.69) is 156 Å². The molecule has 4 aliphatic rings. The van der Waals surface area contributed by atoms with E-state index in [1.165, 1.54) is 5.56 Å². The molecule has 4 aliphatic heterocycles. The molecule has 7 heterocycles. The predicted molar refractivity (Wildman–Crippen MR) is 263 cm³/mol. The van der Waals surface area contributed by atoms with E-state index in [4.69, 9.17) is 18.6 Å². The molecule has 6 nitrogen and oxygen atoms in total. The second-order valence-electron chi connectivity index (χ2n) is 17.8. The predicted octanol–water partition coefficient (Wildman–Crippen LogP) is 14.9. The van der Waals surface area contributed by atoms with Gasteiger partial charge in [0, 0.05) is 49.9 Å². The number of aromatic nitrogens is 4. The Labute approximate surface area is 382 Å². The summed E-state index contributed by atoms with van der Waals surface area (Å²) in [6, 6.07) is 63.6. The third kappa shape index (κ3) is 6.65. The van der Waals surface area contributed by atoms with Crippen molar-refractivity contribution in [2.45, 2.75) is 33.0 Å². The number of para-hydroxylation sites is 3. The topological polar surface area (TPSA) is 45.1 Å². The number of ether oxygens (including phenoxy) is 2. The van der Waals surface area contributed by atoms with Crippen LogP contribution in [0.3, 0.4) is 0 Å². The van der Waals surface area contributed by atoms with E-state index in [9.17, 15) is 0 Å². The molecule has 15 rings (SSSR count). The Hall–Kier alpha value is -8.22. The molecule has 0 unspecified atom stereocenters. The highest BCUT2D eigenvalue weighted by Gasteiger charge is 2.26. The number of nitrogens with zero attached hydrogens (tertiary/aromatic N) is 4. The number of aryl methyl sites for hydroxylation is 1. The van der Waals surface area contributed by atoms with Crippen LogP contribution in [0.4, 0.5) is 0 Å². The maximum Gasteiger partial charge on any atom is 0.255 e. The van der Waals surface area contributed by atoms with E-state index < -0.39 is 6.85 Å². The molecule has 65 heavy (non-hydrogen) atoms. The molecule has 0 saturated heterocycles. The van der Waals surface area contributed by atoms with Crippen molar-refractivity contribution in [1.82, 2.24) is 14.1 Å². The van der Waals surface area contributed by atoms with Gasteiger partial charge in [0.2, 0.25) is 0 Å². The van der Waals surface area contributed by atoms with Gasteiger partial charge in [0.05, 0.1) is 11.0 Å². The molecule has 0 atom stereocenters. The van der Waals surface area contributed by atoms with Crippen molar-refractivity contribution in [1.29, 1.82) is 0 Å². The van der Waals surface area contributed by atoms with Gasteiger partial charge >= 0.3 is 0 Å². The van der Waals surface area contributed by atoms with Gasteiger partial charge in [0.25, 0.3) is 6.33 Å². The molecular weight excluding hydrogens is 797 g/mol. The van der Waals surface area contributed by atoms with Crippen LogP contribution < -0.4 is 14.0 Å². The van der Waals surface area contributed by atoms with Crippen LogP contribution in [-0.4, -0.2) is 14.1 Å². The summed E-state index contributed by atoms with van der Waals surface area (Å²) in [5.41, 5.74) is 12.5. The summed E-state index contributed by atoms with van der Waals surface area (Å²) in [6.45, 7) is 4.18. The number of hydrogen-bond acceptors (Lipinski definition) is 3. The van der Waals surface area contributed by atoms with E-state index in [0.29, 0.717) is 34.4 Å². The van der Waals surface area contributed by atoms with Crippen LogP contribution in [0, 0.1) is 6.85 Å². The minimum Gasteiger partial charge on any atom is -0.457 e. The molecule has 3 aromatic heterocycles. The minimum absolute atomic E-state index is 0.0928. The lowest BCUT2D eigenvalue weighted by Crippen LogP contribution is -2.30. The lowest BCUT2D eigenvalue weighted by molar-refractivity contribution is -0.566. The highest BCUT2D eigenvalue weighted by atomic mass is 16.5. The molecule has 0 fully saturated rings. The summed E-state index contributed by atoms with van der Waals surface area (Å²) < 4.78 is 46.2. The number of fused-ring (bicyclic) bond motifs is 3. The average molecular weight is 845 g/mol. The Morgan fingerprint density at radius 1 is 0.523 bits per heavy atom. The summed E-state index contributed by atoms with van der Waals surface area (Å²) in [4.78, 5) is 5.02. The summed E-state index contributed by atoms with van der Waals surface area (Å²) >= 11 is 0. The Morgan fingerprint density at radius 2 is 1.22 bits per heavy atom. The number of benzene rings is 8. The second-order valence-corrected chi connectivity index (χ2v) is 17.8. The molecule has 12 bridgehead atoms. The van der Waals surface area contributed by atoms with Crippen molar-refractivity contribution >= 4 is 32.8 Å². The van der Waals surface area contributed by atoms with Crippen molar-refractivity contribution in [3.8, 4) is 73.6 Å². The van der Waals surface area contributed by atoms with Gasteiger partial charge in [0.15, 0.2) is 11.0 Å². The summed E-state index contributed by atoms with van der Waals surface area (Å²) in [7, 11) is 0. The van der Waals surface area contributed by atoms with Gasteiger partial charge in [-0.25, -0.2) is 4.98 Å². The molecule has 8 aromatic carbocycles. The van der Waals surface area contributed by atoms with Crippen LogP contribution in [0.15, 0.2) is 201 Å². The van der Waals surface area contributed by atoms with Gasteiger partial charge < -0.3 is 9.47 Å². The van der Waals surface area contributed by atoms with Crippen LogP contribution in [0.5, 0.6) is 23.0 Å². The average Bonchev–Trinajstić information content (AvgIpc) is 3.89. The van der Waals surface area contributed by atoms with Crippen molar-refractivity contribution in [3.63, 3.8) is 0 Å². The Balaban J connectivity index is 1.11. The smallest absolute Gasteiger partial charge is 0.255 e. The molecule has 0 aliphatic carbocycles. The van der Waals surface area contributed by atoms with E-state index in [-0.39, 0.29) is 11.0 Å². The summed E-state index contributed by atoms with van der Waals surface area (Å²) in [5.74, 6) is 3.07. The fraction of sp³-hybridized carbons (Fsp3) is 0.0847. The number of rotatable bonds is 1. The van der Waals surface area contributed by atoms with Crippen LogP contribution in [0.25, 0.3) is 83.4 Å². The largest absolute Gasteiger partial charge is 0.457 e. The van der Waals surface area contributed by atoms with Crippen molar-refractivity contribution in [2.24, 2.45) is 0 Å². The van der Waals surface area contributed by atoms with Crippen LogP contribution in [0.1, 0.15) is 36.0 Å². The van der Waals surface area contributed by atoms with E-state index in [1.54, 1.807) is 12.3 Å². The monoisotopic (exact) mass is 844 g/mol. The highest BCUT2D eigenvalue weighted by molar-refractivity contribution is 6.10. The van der Waals surface area contributed by atoms with E-state index in [0.717, 1.165) is 72.0 Å². The molecule has 0 radical (unpaired) electrons. The van der Waals surface area contributed by atoms with Gasteiger partial charge in [-0.3, -0.25) is 4.57 Å². The van der Waals surface area contributed by atoms with Gasteiger partial charge in [0.1, 0.15) is 40.2 Å². The number of hydrogen-bond donors (Lipinski definition) is 0. The van der Waals surface area contributed by atoms with Crippen molar-refractivity contribution in [2.75, 3.05) is 0 Å². The normalized spacial score (nSPS) is 13.1. The highest BCUT2D eigenvalue weighted by Crippen LogP contribution is 2.40. The summed E-state index contributed by atoms with van der Waals surface area (Å²) in [5, 5.41) is 2.05. The van der Waals surface area contributed by atoms with Gasteiger partial charge in [-0.2, -0.15) is 9.13 Å². The Morgan fingerprint density at radius 3 is 2.05 bits per heavy atom. The van der Waals surface area contributed by atoms with Crippen LogP contribution in [0.2, 0.25) is 0 Å². The van der Waals surface area contributed by atoms with Crippen LogP contribution >= 0.6 is 0 Å². The van der Waals surface area contributed by atoms with Crippen LogP contribution in [-0.2, 0) is 5.41 Å². The lowest BCUT2D eigenvalue weighted by atomic mass is 9.86. The summed E-state index contributed by atoms with van der Waals surface area (Å²) in [6.07, 6.45) is 3.85. The van der Waals surface area contributed by atoms with E-state index in [1.807, 2.05) is 66.7 Å². The Bertz CT molecular complexity index is 3770. The first-order chi connectivity index (χ1) is 32.9. The molecule has 0 amide bonds. The fourth-order valence-corrected chi connectivity index (χ4v) is 9.35. The molecular formula is C59H45N4O2+. The van der Waals surface area contributed by atoms with Crippen molar-refractivity contribution in [3.05, 3.63) is 212 Å².